The molecule has 1 atom stereocenters. The molecule has 0 aliphatic carbocycles. The fraction of sp³-hybridized carbons (Fsp3) is 0.600. The minimum Gasteiger partial charge on any atom is -0.467 e. The van der Waals surface area contributed by atoms with Crippen molar-refractivity contribution in [2.45, 2.75) is 12.2 Å². The number of alkyl halides is 3. The van der Waals surface area contributed by atoms with Crippen LogP contribution < -0.4 is 5.32 Å². The summed E-state index contributed by atoms with van der Waals surface area (Å²) in [5.74, 6) is -0.0330. The highest BCUT2D eigenvalue weighted by Gasteiger charge is 2.46. The van der Waals surface area contributed by atoms with Crippen molar-refractivity contribution < 1.29 is 17.6 Å². The van der Waals surface area contributed by atoms with Crippen LogP contribution in [0.25, 0.3) is 0 Å². The van der Waals surface area contributed by atoms with Gasteiger partial charge in [0.25, 0.3) is 0 Å². The Kier molecular flexibility index (Phi) is 7.06. The molecule has 18 heavy (non-hydrogen) atoms. The lowest BCUT2D eigenvalue weighted by Crippen LogP contribution is -2.48. The van der Waals surface area contributed by atoms with Crippen molar-refractivity contribution in [3.63, 3.8) is 0 Å². The van der Waals surface area contributed by atoms with Crippen LogP contribution >= 0.6 is 24.8 Å². The molecule has 106 valence electrons. The zero-order chi connectivity index (χ0) is 11.6. The van der Waals surface area contributed by atoms with Crippen LogP contribution in [0.3, 0.4) is 0 Å². The molecule has 1 aliphatic heterocycles. The lowest BCUT2D eigenvalue weighted by molar-refractivity contribution is -0.192. The maximum atomic E-state index is 12.9. The minimum atomic E-state index is -4.30. The number of nitrogens with zero attached hydrogens (tertiary/aromatic N) is 1. The molecule has 1 aromatic rings. The molecule has 2 rings (SSSR count). The second-order valence-corrected chi connectivity index (χ2v) is 3.75. The zero-order valence-corrected chi connectivity index (χ0v) is 11.1. The number of halogens is 5. The molecule has 0 radical (unpaired) electrons. The van der Waals surface area contributed by atoms with Crippen LogP contribution in [0, 0.1) is 0 Å². The number of nitrogens with one attached hydrogen (secondary N) is 1. The van der Waals surface area contributed by atoms with Crippen LogP contribution in [0.2, 0.25) is 0 Å². The molecule has 0 spiro atoms. The van der Waals surface area contributed by atoms with E-state index in [2.05, 4.69) is 5.32 Å². The summed E-state index contributed by atoms with van der Waals surface area (Å²) >= 11 is 0. The molecule has 1 N–H and O–H groups in total. The zero-order valence-electron chi connectivity index (χ0n) is 9.44. The molecule has 1 saturated heterocycles. The quantitative estimate of drug-likeness (QED) is 0.910. The van der Waals surface area contributed by atoms with Gasteiger partial charge in [-0.25, -0.2) is 0 Å². The molecule has 0 saturated carbocycles. The van der Waals surface area contributed by atoms with Gasteiger partial charge < -0.3 is 9.73 Å². The van der Waals surface area contributed by atoms with E-state index in [0.29, 0.717) is 26.2 Å². The van der Waals surface area contributed by atoms with E-state index in [1.807, 2.05) is 0 Å². The molecule has 0 unspecified atom stereocenters. The van der Waals surface area contributed by atoms with Gasteiger partial charge in [0.2, 0.25) is 0 Å². The summed E-state index contributed by atoms with van der Waals surface area (Å²) in [4.78, 5) is 1.40. The molecular formula is C10H15Cl2F3N2O. The first-order valence-electron chi connectivity index (χ1n) is 5.14. The lowest BCUT2D eigenvalue weighted by Gasteiger charge is -2.34. The first kappa shape index (κ1) is 17.6. The highest BCUT2D eigenvalue weighted by Crippen LogP contribution is 2.37. The summed E-state index contributed by atoms with van der Waals surface area (Å²) in [6, 6.07) is 1.24. The van der Waals surface area contributed by atoms with Crippen molar-refractivity contribution in [3.05, 3.63) is 24.2 Å². The molecule has 8 heteroatoms. The van der Waals surface area contributed by atoms with Gasteiger partial charge in [-0.05, 0) is 12.1 Å². The molecule has 0 bridgehead atoms. The van der Waals surface area contributed by atoms with Crippen molar-refractivity contribution in [2.75, 3.05) is 26.2 Å². The van der Waals surface area contributed by atoms with Gasteiger partial charge >= 0.3 is 6.18 Å². The molecule has 3 nitrogen and oxygen atoms in total. The average molecular weight is 307 g/mol. The Hall–Kier alpha value is -0.430. The Morgan fingerprint density at radius 3 is 2.28 bits per heavy atom. The Morgan fingerprint density at radius 1 is 1.22 bits per heavy atom. The van der Waals surface area contributed by atoms with Crippen molar-refractivity contribution in [2.24, 2.45) is 0 Å². The van der Waals surface area contributed by atoms with Crippen LogP contribution in [-0.2, 0) is 0 Å². The van der Waals surface area contributed by atoms with Crippen LogP contribution in [0.1, 0.15) is 11.8 Å². The highest BCUT2D eigenvalue weighted by molar-refractivity contribution is 5.85. The van der Waals surface area contributed by atoms with Crippen LogP contribution in [-0.4, -0.2) is 37.3 Å². The van der Waals surface area contributed by atoms with Gasteiger partial charge in [-0.1, -0.05) is 0 Å². The number of hydrogen-bond acceptors (Lipinski definition) is 3. The van der Waals surface area contributed by atoms with Crippen molar-refractivity contribution in [1.29, 1.82) is 0 Å². The predicted octanol–water partition coefficient (Wildman–Crippen LogP) is 2.63. The van der Waals surface area contributed by atoms with Gasteiger partial charge in [0, 0.05) is 26.2 Å². The fourth-order valence-corrected chi connectivity index (χ4v) is 1.94. The van der Waals surface area contributed by atoms with Gasteiger partial charge in [0.1, 0.15) is 5.76 Å². The SMILES string of the molecule is Cl.Cl.FC(F)(F)[C@@H](c1ccco1)N1CCNCC1. The van der Waals surface area contributed by atoms with Gasteiger partial charge in [-0.3, -0.25) is 4.90 Å². The predicted molar refractivity (Wildman–Crippen MR) is 66.4 cm³/mol. The molecule has 0 amide bonds. The first-order valence-corrected chi connectivity index (χ1v) is 5.14. The fourth-order valence-electron chi connectivity index (χ4n) is 1.94. The number of hydrogen-bond donors (Lipinski definition) is 1. The summed E-state index contributed by atoms with van der Waals surface area (Å²) in [7, 11) is 0. The van der Waals surface area contributed by atoms with Crippen LogP contribution in [0.15, 0.2) is 22.8 Å². The summed E-state index contributed by atoms with van der Waals surface area (Å²) in [6.07, 6.45) is -3.02. The third-order valence-corrected chi connectivity index (χ3v) is 2.64. The van der Waals surface area contributed by atoms with Gasteiger partial charge in [-0.15, -0.1) is 24.8 Å². The molecule has 0 aromatic carbocycles. The van der Waals surface area contributed by atoms with Crippen LogP contribution in [0.5, 0.6) is 0 Å². The third kappa shape index (κ3) is 4.05. The summed E-state index contributed by atoms with van der Waals surface area (Å²) in [6.45, 7) is 1.91. The molecular weight excluding hydrogens is 292 g/mol. The highest BCUT2D eigenvalue weighted by atomic mass is 35.5. The van der Waals surface area contributed by atoms with E-state index in [1.165, 1.54) is 23.3 Å². The lowest BCUT2D eigenvalue weighted by atomic mass is 10.1. The number of furan rings is 1. The summed E-state index contributed by atoms with van der Waals surface area (Å²) in [5, 5.41) is 3.03. The maximum Gasteiger partial charge on any atom is 0.411 e. The molecule has 1 aromatic heterocycles. The van der Waals surface area contributed by atoms with E-state index in [-0.39, 0.29) is 30.6 Å². The third-order valence-electron chi connectivity index (χ3n) is 2.64. The van der Waals surface area contributed by atoms with E-state index < -0.39 is 12.2 Å². The normalized spacial score (nSPS) is 18.6. The van der Waals surface area contributed by atoms with Crippen LogP contribution in [0.4, 0.5) is 13.2 Å². The van der Waals surface area contributed by atoms with E-state index in [9.17, 15) is 13.2 Å². The number of piperazine rings is 1. The second-order valence-electron chi connectivity index (χ2n) is 3.75. The minimum absolute atomic E-state index is 0. The first-order chi connectivity index (χ1) is 7.59. The Bertz CT molecular complexity index is 326. The Balaban J connectivity index is 0.00000144. The molecule has 1 aliphatic rings. The standard InChI is InChI=1S/C10H13F3N2O.2ClH/c11-10(12,13)9(8-2-1-7-16-8)15-5-3-14-4-6-15;;/h1-2,7,9,14H,3-6H2;2*1H/t9-;;/m1../s1. The van der Waals surface area contributed by atoms with E-state index >= 15 is 0 Å². The molecule has 2 heterocycles. The second kappa shape index (κ2) is 7.23. The summed E-state index contributed by atoms with van der Waals surface area (Å²) < 4.78 is 43.7. The van der Waals surface area contributed by atoms with Gasteiger partial charge in [-0.2, -0.15) is 13.2 Å². The van der Waals surface area contributed by atoms with E-state index in [1.54, 1.807) is 0 Å². The van der Waals surface area contributed by atoms with Crippen molar-refractivity contribution >= 4 is 24.8 Å². The summed E-state index contributed by atoms with van der Waals surface area (Å²) in [5.41, 5.74) is 0. The Labute approximate surface area is 116 Å². The van der Waals surface area contributed by atoms with Gasteiger partial charge in [0.05, 0.1) is 6.26 Å². The largest absolute Gasteiger partial charge is 0.467 e. The maximum absolute atomic E-state index is 12.9. The van der Waals surface area contributed by atoms with Crippen molar-refractivity contribution in [1.82, 2.24) is 10.2 Å². The van der Waals surface area contributed by atoms with Gasteiger partial charge in [0.15, 0.2) is 6.04 Å². The monoisotopic (exact) mass is 306 g/mol. The number of rotatable bonds is 2. The van der Waals surface area contributed by atoms with Crippen molar-refractivity contribution in [3.8, 4) is 0 Å². The topological polar surface area (TPSA) is 28.4 Å². The average Bonchev–Trinajstić information content (AvgIpc) is 2.71. The Morgan fingerprint density at radius 2 is 1.83 bits per heavy atom. The smallest absolute Gasteiger partial charge is 0.411 e. The van der Waals surface area contributed by atoms with E-state index in [0.717, 1.165) is 0 Å². The van der Waals surface area contributed by atoms with E-state index in [4.69, 9.17) is 4.42 Å². The molecule has 1 fully saturated rings.